The molecule has 0 amide bonds. The molecule has 3 rings (SSSR count). The number of phenols is 2. The summed E-state index contributed by atoms with van der Waals surface area (Å²) in [5, 5.41) is 35.2. The van der Waals surface area contributed by atoms with Crippen molar-refractivity contribution in [2.45, 2.75) is 0 Å². The van der Waals surface area contributed by atoms with Crippen LogP contribution in [-0.2, 0) is 4.79 Å². The number of fused-ring (bicyclic) bond motifs is 1. The van der Waals surface area contributed by atoms with Crippen LogP contribution in [0.3, 0.4) is 0 Å². The number of carboxylic acid groups (broad SMARTS) is 2. The third-order valence-electron chi connectivity index (χ3n) is 2.88. The van der Waals surface area contributed by atoms with E-state index in [1.807, 2.05) is 12.1 Å². The lowest BCUT2D eigenvalue weighted by Gasteiger charge is -2.03. The number of carboxylic acids is 1. The molecule has 0 radical (unpaired) electrons. The molecule has 3 aromatic rings. The SMILES string of the molecule is O=C(O)c1c(O)ccc2ccccc12.O=CO.Oc1ccccc1. The number of aromatic hydroxyl groups is 2. The van der Waals surface area contributed by atoms with Crippen LogP contribution in [0, 0.1) is 0 Å². The molecule has 0 saturated carbocycles. The fourth-order valence-electron chi connectivity index (χ4n) is 1.91. The summed E-state index contributed by atoms with van der Waals surface area (Å²) in [6, 6.07) is 18.9. The second-order valence-corrected chi connectivity index (χ2v) is 4.43. The van der Waals surface area contributed by atoms with E-state index in [4.69, 9.17) is 20.1 Å². The van der Waals surface area contributed by atoms with Crippen molar-refractivity contribution in [3.63, 3.8) is 0 Å². The molecule has 0 saturated heterocycles. The molecule has 0 aliphatic heterocycles. The van der Waals surface area contributed by atoms with E-state index in [0.717, 1.165) is 5.39 Å². The number of hydrogen-bond acceptors (Lipinski definition) is 4. The molecule has 4 N–H and O–H groups in total. The Morgan fingerprint density at radius 2 is 1.38 bits per heavy atom. The zero-order valence-electron chi connectivity index (χ0n) is 12.5. The van der Waals surface area contributed by atoms with Crippen molar-refractivity contribution in [2.75, 3.05) is 0 Å². The first-order chi connectivity index (χ1) is 11.5. The summed E-state index contributed by atoms with van der Waals surface area (Å²) in [5.41, 5.74) is -0.0388. The van der Waals surface area contributed by atoms with Crippen LogP contribution < -0.4 is 0 Å². The van der Waals surface area contributed by atoms with Crippen LogP contribution in [0.25, 0.3) is 10.8 Å². The lowest BCUT2D eigenvalue weighted by atomic mass is 10.0. The Hall–Kier alpha value is -3.54. The number of carbonyl (C=O) groups is 2. The fourth-order valence-corrected chi connectivity index (χ4v) is 1.91. The average molecular weight is 328 g/mol. The van der Waals surface area contributed by atoms with Gasteiger partial charge in [-0.1, -0.05) is 48.5 Å². The highest BCUT2D eigenvalue weighted by molar-refractivity contribution is 6.06. The molecule has 0 aliphatic carbocycles. The van der Waals surface area contributed by atoms with Crippen molar-refractivity contribution >= 4 is 23.2 Å². The first-order valence-electron chi connectivity index (χ1n) is 6.77. The lowest BCUT2D eigenvalue weighted by molar-refractivity contribution is -0.122. The van der Waals surface area contributed by atoms with Crippen LogP contribution in [0.1, 0.15) is 10.4 Å². The highest BCUT2D eigenvalue weighted by Crippen LogP contribution is 2.26. The standard InChI is InChI=1S/C11H8O3.C6H6O.CH2O2/c12-9-6-5-7-3-1-2-4-8(7)10(9)11(13)14;7-6-4-2-1-3-5-6;2-1-3/h1-6,12H,(H,13,14);1-5,7H;1H,(H,2,3). The number of para-hydroxylation sites is 1. The Labute approximate surface area is 137 Å². The molecular weight excluding hydrogens is 312 g/mol. The zero-order valence-corrected chi connectivity index (χ0v) is 12.5. The Morgan fingerprint density at radius 3 is 1.88 bits per heavy atom. The zero-order chi connectivity index (χ0) is 17.9. The van der Waals surface area contributed by atoms with E-state index in [-0.39, 0.29) is 17.8 Å². The highest BCUT2D eigenvalue weighted by atomic mass is 16.4. The first-order valence-corrected chi connectivity index (χ1v) is 6.77. The minimum atomic E-state index is -1.11. The maximum Gasteiger partial charge on any atom is 0.340 e. The molecule has 0 aliphatic rings. The van der Waals surface area contributed by atoms with Gasteiger partial charge in [0.15, 0.2) is 0 Å². The van der Waals surface area contributed by atoms with E-state index in [1.165, 1.54) is 6.07 Å². The van der Waals surface area contributed by atoms with Crippen LogP contribution in [0.5, 0.6) is 11.5 Å². The van der Waals surface area contributed by atoms with E-state index >= 15 is 0 Å². The number of rotatable bonds is 1. The van der Waals surface area contributed by atoms with Gasteiger partial charge in [-0.05, 0) is 29.0 Å². The van der Waals surface area contributed by atoms with Gasteiger partial charge in [-0.15, -0.1) is 0 Å². The molecular formula is C18H16O6. The molecule has 0 unspecified atom stereocenters. The number of hydrogen-bond donors (Lipinski definition) is 4. The van der Waals surface area contributed by atoms with Crippen molar-refractivity contribution in [3.8, 4) is 11.5 Å². The van der Waals surface area contributed by atoms with E-state index in [2.05, 4.69) is 0 Å². The first kappa shape index (κ1) is 18.5. The molecule has 0 bridgehead atoms. The number of phenolic OH excluding ortho intramolecular Hbond substituents is 1. The summed E-state index contributed by atoms with van der Waals surface area (Å²) in [5.74, 6) is -0.988. The van der Waals surface area contributed by atoms with E-state index in [9.17, 15) is 9.90 Å². The molecule has 3 aromatic carbocycles. The second kappa shape index (κ2) is 9.47. The van der Waals surface area contributed by atoms with Gasteiger partial charge in [0, 0.05) is 0 Å². The minimum absolute atomic E-state index is 0.0388. The Morgan fingerprint density at radius 1 is 0.833 bits per heavy atom. The van der Waals surface area contributed by atoms with Gasteiger partial charge >= 0.3 is 5.97 Å². The van der Waals surface area contributed by atoms with Crippen LogP contribution in [-0.4, -0.2) is 32.9 Å². The molecule has 0 aromatic heterocycles. The summed E-state index contributed by atoms with van der Waals surface area (Å²) >= 11 is 0. The van der Waals surface area contributed by atoms with Crippen LogP contribution in [0.15, 0.2) is 66.7 Å². The molecule has 0 spiro atoms. The normalized spacial score (nSPS) is 9.00. The topological polar surface area (TPSA) is 115 Å². The Balaban J connectivity index is 0.000000241. The molecule has 0 atom stereocenters. The largest absolute Gasteiger partial charge is 0.508 e. The van der Waals surface area contributed by atoms with Crippen LogP contribution in [0.2, 0.25) is 0 Å². The molecule has 6 heteroatoms. The van der Waals surface area contributed by atoms with Gasteiger partial charge in [-0.25, -0.2) is 4.79 Å². The number of aromatic carboxylic acids is 1. The Bertz CT molecular complexity index is 799. The summed E-state index contributed by atoms with van der Waals surface area (Å²) in [6.07, 6.45) is 0. The summed E-state index contributed by atoms with van der Waals surface area (Å²) in [7, 11) is 0. The van der Waals surface area contributed by atoms with Gasteiger partial charge < -0.3 is 20.4 Å². The second-order valence-electron chi connectivity index (χ2n) is 4.43. The lowest BCUT2D eigenvalue weighted by Crippen LogP contribution is -1.97. The summed E-state index contributed by atoms with van der Waals surface area (Å²) in [4.78, 5) is 19.2. The number of benzene rings is 3. The average Bonchev–Trinajstić information content (AvgIpc) is 2.56. The molecule has 24 heavy (non-hydrogen) atoms. The molecule has 0 fully saturated rings. The van der Waals surface area contributed by atoms with Crippen LogP contribution in [0.4, 0.5) is 0 Å². The third kappa shape index (κ3) is 5.34. The maximum absolute atomic E-state index is 10.9. The smallest absolute Gasteiger partial charge is 0.340 e. The predicted molar refractivity (Wildman–Crippen MR) is 89.4 cm³/mol. The fraction of sp³-hybridized carbons (Fsp3) is 0. The van der Waals surface area contributed by atoms with Crippen molar-refractivity contribution in [1.29, 1.82) is 0 Å². The van der Waals surface area contributed by atoms with Gasteiger partial charge in [0.2, 0.25) is 0 Å². The monoisotopic (exact) mass is 328 g/mol. The van der Waals surface area contributed by atoms with Gasteiger partial charge in [0.05, 0.1) is 0 Å². The van der Waals surface area contributed by atoms with Gasteiger partial charge in [-0.3, -0.25) is 4.79 Å². The molecule has 0 heterocycles. The van der Waals surface area contributed by atoms with Gasteiger partial charge in [0.25, 0.3) is 6.47 Å². The van der Waals surface area contributed by atoms with Gasteiger partial charge in [-0.2, -0.15) is 0 Å². The van der Waals surface area contributed by atoms with Crippen LogP contribution >= 0.6 is 0 Å². The van der Waals surface area contributed by atoms with Crippen molar-refractivity contribution < 1.29 is 30.0 Å². The molecule has 6 nitrogen and oxygen atoms in total. The van der Waals surface area contributed by atoms with Crippen molar-refractivity contribution in [3.05, 3.63) is 72.3 Å². The summed E-state index contributed by atoms with van der Waals surface area (Å²) in [6.45, 7) is -0.250. The highest BCUT2D eigenvalue weighted by Gasteiger charge is 2.12. The summed E-state index contributed by atoms with van der Waals surface area (Å²) < 4.78 is 0. The van der Waals surface area contributed by atoms with E-state index < -0.39 is 5.97 Å². The van der Waals surface area contributed by atoms with Gasteiger partial charge in [0.1, 0.15) is 17.1 Å². The van der Waals surface area contributed by atoms with Crippen molar-refractivity contribution in [1.82, 2.24) is 0 Å². The predicted octanol–water partition coefficient (Wildman–Crippen LogP) is 3.34. The van der Waals surface area contributed by atoms with E-state index in [0.29, 0.717) is 11.1 Å². The van der Waals surface area contributed by atoms with E-state index in [1.54, 1.807) is 48.5 Å². The van der Waals surface area contributed by atoms with Crippen molar-refractivity contribution in [2.24, 2.45) is 0 Å². The maximum atomic E-state index is 10.9. The third-order valence-corrected chi connectivity index (χ3v) is 2.88. The Kier molecular flexibility index (Phi) is 7.30. The molecule has 124 valence electrons. The quantitative estimate of drug-likeness (QED) is 0.509. The minimum Gasteiger partial charge on any atom is -0.508 e.